The molecule has 1 aromatic heterocycles. The van der Waals surface area contributed by atoms with Gasteiger partial charge in [-0.15, -0.1) is 0 Å². The maximum atomic E-state index is 9.54. The minimum Gasteiger partial charge on any atom is -0.397 e. The number of nitrogens with zero attached hydrogens (tertiary/aromatic N) is 2. The van der Waals surface area contributed by atoms with Gasteiger partial charge in [0, 0.05) is 18.5 Å². The van der Waals surface area contributed by atoms with Gasteiger partial charge in [0.1, 0.15) is 0 Å². The molecule has 2 aromatic rings. The molecule has 2 unspecified atom stereocenters. The van der Waals surface area contributed by atoms with E-state index < -0.39 is 12.2 Å². The van der Waals surface area contributed by atoms with E-state index in [1.165, 1.54) is 0 Å². The molecule has 2 atom stereocenters. The Bertz CT molecular complexity index is 543. The van der Waals surface area contributed by atoms with Crippen molar-refractivity contribution in [2.24, 2.45) is 0 Å². The first-order valence-electron chi connectivity index (χ1n) is 5.49. The maximum Gasteiger partial charge on any atom is 0.0990 e. The van der Waals surface area contributed by atoms with Crippen LogP contribution in [0.15, 0.2) is 18.3 Å². The van der Waals surface area contributed by atoms with Crippen molar-refractivity contribution in [3.05, 3.63) is 18.3 Å². The third-order valence-electron chi connectivity index (χ3n) is 3.19. The van der Waals surface area contributed by atoms with Crippen LogP contribution in [-0.2, 0) is 0 Å². The van der Waals surface area contributed by atoms with Gasteiger partial charge in [-0.2, -0.15) is 5.10 Å². The molecular weight excluding hydrogens is 220 g/mol. The van der Waals surface area contributed by atoms with Gasteiger partial charge in [-0.1, -0.05) is 0 Å². The molecule has 0 amide bonds. The number of aliphatic hydroxyl groups is 2. The molecule has 0 saturated carbocycles. The van der Waals surface area contributed by atoms with Crippen molar-refractivity contribution in [3.8, 4) is 0 Å². The number of fused-ring (bicyclic) bond motifs is 1. The summed E-state index contributed by atoms with van der Waals surface area (Å²) in [4.78, 5) is 1.88. The second-order valence-electron chi connectivity index (χ2n) is 4.41. The van der Waals surface area contributed by atoms with Gasteiger partial charge >= 0.3 is 0 Å². The quantitative estimate of drug-likeness (QED) is 0.507. The Hall–Kier alpha value is -1.79. The molecule has 1 aromatic carbocycles. The lowest BCUT2D eigenvalue weighted by Gasteiger charge is -2.19. The average molecular weight is 234 g/mol. The van der Waals surface area contributed by atoms with E-state index in [1.54, 1.807) is 6.20 Å². The standard InChI is InChI=1S/C11H14N4O2/c12-7-1-6-3-13-14-8(6)2-9(7)15-4-10(16)11(17)5-15/h1-3,10-11,16-17H,4-5,12H2,(H,13,14). The van der Waals surface area contributed by atoms with Crippen LogP contribution in [0.5, 0.6) is 0 Å². The smallest absolute Gasteiger partial charge is 0.0990 e. The van der Waals surface area contributed by atoms with Crippen LogP contribution in [0.4, 0.5) is 11.4 Å². The van der Waals surface area contributed by atoms with Crippen LogP contribution in [0.1, 0.15) is 0 Å². The zero-order chi connectivity index (χ0) is 12.0. The minimum atomic E-state index is -0.716. The molecular formula is C11H14N4O2. The molecule has 90 valence electrons. The number of aromatic nitrogens is 2. The number of β-amino-alcohol motifs (C(OH)–C–C–N with tert-alkyl or cyclic N) is 2. The van der Waals surface area contributed by atoms with Gasteiger partial charge in [0.2, 0.25) is 0 Å². The molecule has 0 radical (unpaired) electrons. The van der Waals surface area contributed by atoms with Crippen LogP contribution in [0.2, 0.25) is 0 Å². The monoisotopic (exact) mass is 234 g/mol. The first kappa shape index (κ1) is 10.4. The van der Waals surface area contributed by atoms with Crippen LogP contribution >= 0.6 is 0 Å². The summed E-state index contributed by atoms with van der Waals surface area (Å²) >= 11 is 0. The number of anilines is 2. The Morgan fingerprint density at radius 3 is 2.71 bits per heavy atom. The van der Waals surface area contributed by atoms with E-state index in [2.05, 4.69) is 10.2 Å². The number of hydrogen-bond donors (Lipinski definition) is 4. The van der Waals surface area contributed by atoms with E-state index in [4.69, 9.17) is 5.73 Å². The second-order valence-corrected chi connectivity index (χ2v) is 4.41. The van der Waals surface area contributed by atoms with Crippen LogP contribution in [0, 0.1) is 0 Å². The second kappa shape index (κ2) is 3.61. The molecule has 0 aliphatic carbocycles. The Balaban J connectivity index is 2.02. The van der Waals surface area contributed by atoms with Crippen molar-refractivity contribution in [1.82, 2.24) is 10.2 Å². The van der Waals surface area contributed by atoms with Crippen LogP contribution in [0.25, 0.3) is 10.9 Å². The average Bonchev–Trinajstić information content (AvgIpc) is 2.85. The summed E-state index contributed by atoms with van der Waals surface area (Å²) in [6, 6.07) is 3.73. The summed E-state index contributed by atoms with van der Waals surface area (Å²) in [5, 5.41) is 26.9. The molecule has 6 nitrogen and oxygen atoms in total. The lowest BCUT2D eigenvalue weighted by atomic mass is 10.2. The minimum absolute atomic E-state index is 0.394. The van der Waals surface area contributed by atoms with Crippen LogP contribution in [0.3, 0.4) is 0 Å². The number of aromatic amines is 1. The highest BCUT2D eigenvalue weighted by Gasteiger charge is 2.30. The Kier molecular flexibility index (Phi) is 2.20. The maximum absolute atomic E-state index is 9.54. The predicted molar refractivity (Wildman–Crippen MR) is 64.7 cm³/mol. The molecule has 1 saturated heterocycles. The van der Waals surface area contributed by atoms with Crippen molar-refractivity contribution in [3.63, 3.8) is 0 Å². The number of hydrogen-bond acceptors (Lipinski definition) is 5. The summed E-state index contributed by atoms with van der Waals surface area (Å²) in [5.74, 6) is 0. The Morgan fingerprint density at radius 1 is 1.29 bits per heavy atom. The van der Waals surface area contributed by atoms with E-state index in [-0.39, 0.29) is 0 Å². The first-order chi connectivity index (χ1) is 8.15. The Labute approximate surface area is 97.7 Å². The third kappa shape index (κ3) is 1.62. The van der Waals surface area contributed by atoms with Gasteiger partial charge in [-0.25, -0.2) is 0 Å². The molecule has 3 rings (SSSR count). The van der Waals surface area contributed by atoms with Crippen molar-refractivity contribution >= 4 is 22.3 Å². The summed E-state index contributed by atoms with van der Waals surface area (Å²) in [6.07, 6.45) is 0.280. The van der Waals surface area contributed by atoms with Crippen LogP contribution < -0.4 is 10.6 Å². The number of nitrogens with two attached hydrogens (primary N) is 1. The highest BCUT2D eigenvalue weighted by Crippen LogP contribution is 2.30. The van der Waals surface area contributed by atoms with Crippen molar-refractivity contribution in [2.45, 2.75) is 12.2 Å². The number of rotatable bonds is 1. The molecule has 0 bridgehead atoms. The van der Waals surface area contributed by atoms with E-state index in [1.807, 2.05) is 17.0 Å². The number of nitrogen functional groups attached to an aromatic ring is 1. The summed E-state index contributed by atoms with van der Waals surface area (Å²) in [7, 11) is 0. The number of nitrogens with one attached hydrogen (secondary N) is 1. The fourth-order valence-corrected chi connectivity index (χ4v) is 2.24. The topological polar surface area (TPSA) is 98.4 Å². The molecule has 0 spiro atoms. The Morgan fingerprint density at radius 2 is 2.00 bits per heavy atom. The largest absolute Gasteiger partial charge is 0.397 e. The number of benzene rings is 1. The number of H-pyrrole nitrogens is 1. The highest BCUT2D eigenvalue weighted by atomic mass is 16.3. The molecule has 1 aliphatic heterocycles. The lowest BCUT2D eigenvalue weighted by Crippen LogP contribution is -2.22. The fraction of sp³-hybridized carbons (Fsp3) is 0.364. The zero-order valence-electron chi connectivity index (χ0n) is 9.17. The van der Waals surface area contributed by atoms with Crippen LogP contribution in [-0.4, -0.2) is 45.7 Å². The third-order valence-corrected chi connectivity index (χ3v) is 3.19. The van der Waals surface area contributed by atoms with E-state index >= 15 is 0 Å². The van der Waals surface area contributed by atoms with Gasteiger partial charge in [0.25, 0.3) is 0 Å². The van der Waals surface area contributed by atoms with Gasteiger partial charge in [-0.3, -0.25) is 5.10 Å². The highest BCUT2D eigenvalue weighted by molar-refractivity contribution is 5.89. The molecule has 6 heteroatoms. The molecule has 1 fully saturated rings. The molecule has 17 heavy (non-hydrogen) atoms. The van der Waals surface area contributed by atoms with Gasteiger partial charge in [0.05, 0.1) is 35.3 Å². The molecule has 2 heterocycles. The fourth-order valence-electron chi connectivity index (χ4n) is 2.24. The van der Waals surface area contributed by atoms with E-state index in [0.29, 0.717) is 18.8 Å². The van der Waals surface area contributed by atoms with Crippen molar-refractivity contribution in [1.29, 1.82) is 0 Å². The molecule has 1 aliphatic rings. The summed E-state index contributed by atoms with van der Waals surface area (Å²) in [5.41, 5.74) is 8.31. The number of aliphatic hydroxyl groups excluding tert-OH is 2. The summed E-state index contributed by atoms with van der Waals surface area (Å²) < 4.78 is 0. The first-order valence-corrected chi connectivity index (χ1v) is 5.49. The zero-order valence-corrected chi connectivity index (χ0v) is 9.17. The SMILES string of the molecule is Nc1cc2cn[nH]c2cc1N1CC(O)C(O)C1. The molecule has 5 N–H and O–H groups in total. The van der Waals surface area contributed by atoms with Gasteiger partial charge in [0.15, 0.2) is 0 Å². The predicted octanol–water partition coefficient (Wildman–Crippen LogP) is -0.313. The van der Waals surface area contributed by atoms with E-state index in [9.17, 15) is 10.2 Å². The van der Waals surface area contributed by atoms with Gasteiger partial charge in [-0.05, 0) is 12.1 Å². The lowest BCUT2D eigenvalue weighted by molar-refractivity contribution is 0.0572. The summed E-state index contributed by atoms with van der Waals surface area (Å²) in [6.45, 7) is 0.788. The van der Waals surface area contributed by atoms with Crippen molar-refractivity contribution in [2.75, 3.05) is 23.7 Å². The normalized spacial score (nSPS) is 24.7. The van der Waals surface area contributed by atoms with Gasteiger partial charge < -0.3 is 20.8 Å². The van der Waals surface area contributed by atoms with Crippen molar-refractivity contribution < 1.29 is 10.2 Å². The van der Waals surface area contributed by atoms with E-state index in [0.717, 1.165) is 16.6 Å².